The standard InChI is InChI=1S/C11H18F2N4O/c1-2-5-16-7-4-15-10(11(16)18)17(6-3-14)8-9(12)13/h4,7,9H,2-3,5-6,8,14H2,1H3. The second-order valence-electron chi connectivity index (χ2n) is 3.88. The molecule has 0 aliphatic heterocycles. The quantitative estimate of drug-likeness (QED) is 0.783. The van der Waals surface area contributed by atoms with Gasteiger partial charge in [-0.3, -0.25) is 4.79 Å². The molecule has 0 radical (unpaired) electrons. The van der Waals surface area contributed by atoms with Crippen LogP contribution in [-0.2, 0) is 6.54 Å². The summed E-state index contributed by atoms with van der Waals surface area (Å²) in [6.07, 6.45) is 1.26. The molecule has 0 aliphatic rings. The van der Waals surface area contributed by atoms with Crippen molar-refractivity contribution in [1.82, 2.24) is 9.55 Å². The number of rotatable bonds is 7. The van der Waals surface area contributed by atoms with Gasteiger partial charge in [-0.15, -0.1) is 0 Å². The number of alkyl halides is 2. The molecule has 5 nitrogen and oxygen atoms in total. The Morgan fingerprint density at radius 3 is 2.83 bits per heavy atom. The lowest BCUT2D eigenvalue weighted by atomic mass is 10.4. The monoisotopic (exact) mass is 260 g/mol. The van der Waals surface area contributed by atoms with Crippen LogP contribution in [0.5, 0.6) is 0 Å². The first kappa shape index (κ1) is 14.6. The minimum atomic E-state index is -2.53. The Labute approximate surface area is 104 Å². The summed E-state index contributed by atoms with van der Waals surface area (Å²) in [6.45, 7) is 2.32. The third-order valence-electron chi connectivity index (χ3n) is 2.42. The number of hydrogen-bond acceptors (Lipinski definition) is 4. The van der Waals surface area contributed by atoms with E-state index in [1.165, 1.54) is 15.7 Å². The summed E-state index contributed by atoms with van der Waals surface area (Å²) in [6, 6.07) is 0. The van der Waals surface area contributed by atoms with Crippen molar-refractivity contribution in [2.75, 3.05) is 24.5 Å². The van der Waals surface area contributed by atoms with Crippen LogP contribution in [0, 0.1) is 0 Å². The molecule has 0 unspecified atom stereocenters. The van der Waals surface area contributed by atoms with Gasteiger partial charge in [0.25, 0.3) is 12.0 Å². The SMILES string of the molecule is CCCn1ccnc(N(CCN)CC(F)F)c1=O. The molecule has 102 valence electrons. The van der Waals surface area contributed by atoms with E-state index in [-0.39, 0.29) is 24.5 Å². The number of hydrogen-bond donors (Lipinski definition) is 1. The number of nitrogens with two attached hydrogens (primary N) is 1. The van der Waals surface area contributed by atoms with E-state index in [0.29, 0.717) is 6.54 Å². The fraction of sp³-hybridized carbons (Fsp3) is 0.636. The molecule has 0 bridgehead atoms. The van der Waals surface area contributed by atoms with Crippen LogP contribution in [0.2, 0.25) is 0 Å². The minimum Gasteiger partial charge on any atom is -0.345 e. The normalized spacial score (nSPS) is 10.9. The molecule has 1 aromatic heterocycles. The van der Waals surface area contributed by atoms with Crippen molar-refractivity contribution in [1.29, 1.82) is 0 Å². The largest absolute Gasteiger partial charge is 0.345 e. The fourth-order valence-electron chi connectivity index (χ4n) is 1.68. The number of halogens is 2. The summed E-state index contributed by atoms with van der Waals surface area (Å²) in [7, 11) is 0. The van der Waals surface area contributed by atoms with Gasteiger partial charge in [-0.2, -0.15) is 0 Å². The zero-order valence-electron chi connectivity index (χ0n) is 10.4. The topological polar surface area (TPSA) is 64.2 Å². The minimum absolute atomic E-state index is 0.0386. The van der Waals surface area contributed by atoms with Crippen molar-refractivity contribution in [3.05, 3.63) is 22.7 Å². The Kier molecular flexibility index (Phi) is 5.70. The molecule has 0 saturated heterocycles. The van der Waals surface area contributed by atoms with Crippen LogP contribution in [0.4, 0.5) is 14.6 Å². The highest BCUT2D eigenvalue weighted by Crippen LogP contribution is 2.06. The lowest BCUT2D eigenvalue weighted by Crippen LogP contribution is -2.39. The van der Waals surface area contributed by atoms with Crippen molar-refractivity contribution in [3.63, 3.8) is 0 Å². The van der Waals surface area contributed by atoms with Gasteiger partial charge in [-0.25, -0.2) is 13.8 Å². The van der Waals surface area contributed by atoms with Crippen LogP contribution in [-0.4, -0.2) is 35.6 Å². The molecule has 0 saturated carbocycles. The highest BCUT2D eigenvalue weighted by molar-refractivity contribution is 5.35. The van der Waals surface area contributed by atoms with Crippen LogP contribution in [0.1, 0.15) is 13.3 Å². The molecule has 7 heteroatoms. The van der Waals surface area contributed by atoms with Crippen molar-refractivity contribution in [2.45, 2.75) is 26.3 Å². The molecule has 0 aromatic carbocycles. The van der Waals surface area contributed by atoms with E-state index < -0.39 is 13.0 Å². The highest BCUT2D eigenvalue weighted by Gasteiger charge is 2.17. The molecule has 0 atom stereocenters. The number of nitrogens with zero attached hydrogens (tertiary/aromatic N) is 3. The summed E-state index contributed by atoms with van der Waals surface area (Å²) in [5.41, 5.74) is 5.01. The van der Waals surface area contributed by atoms with Gasteiger partial charge in [0, 0.05) is 32.0 Å². The Balaban J connectivity index is 3.03. The molecule has 0 aliphatic carbocycles. The smallest absolute Gasteiger partial charge is 0.293 e. The summed E-state index contributed by atoms with van der Waals surface area (Å²) in [5.74, 6) is 0.0386. The van der Waals surface area contributed by atoms with Crippen LogP contribution in [0.3, 0.4) is 0 Å². The molecule has 1 rings (SSSR count). The van der Waals surface area contributed by atoms with Gasteiger partial charge in [-0.1, -0.05) is 6.92 Å². The average Bonchev–Trinajstić information content (AvgIpc) is 2.31. The number of aromatic nitrogens is 2. The van der Waals surface area contributed by atoms with Crippen molar-refractivity contribution < 1.29 is 8.78 Å². The molecule has 0 fully saturated rings. The van der Waals surface area contributed by atoms with Crippen molar-refractivity contribution >= 4 is 5.82 Å². The zero-order valence-corrected chi connectivity index (χ0v) is 10.4. The Bertz CT molecular complexity index is 422. The van der Waals surface area contributed by atoms with E-state index >= 15 is 0 Å². The highest BCUT2D eigenvalue weighted by atomic mass is 19.3. The second-order valence-corrected chi connectivity index (χ2v) is 3.88. The molecule has 1 aromatic rings. The van der Waals surface area contributed by atoms with Crippen LogP contribution in [0.25, 0.3) is 0 Å². The lowest BCUT2D eigenvalue weighted by molar-refractivity contribution is 0.154. The molecule has 0 amide bonds. The first-order valence-electron chi connectivity index (χ1n) is 5.88. The van der Waals surface area contributed by atoms with Gasteiger partial charge in [0.1, 0.15) is 0 Å². The predicted molar refractivity (Wildman–Crippen MR) is 66.1 cm³/mol. The predicted octanol–water partition coefficient (Wildman–Crippen LogP) is 0.683. The molecular weight excluding hydrogens is 242 g/mol. The zero-order chi connectivity index (χ0) is 13.5. The summed E-state index contributed by atoms with van der Waals surface area (Å²) >= 11 is 0. The lowest BCUT2D eigenvalue weighted by Gasteiger charge is -2.22. The van der Waals surface area contributed by atoms with E-state index in [0.717, 1.165) is 6.42 Å². The van der Waals surface area contributed by atoms with Gasteiger partial charge < -0.3 is 15.2 Å². The molecule has 0 spiro atoms. The Hall–Kier alpha value is -1.50. The van der Waals surface area contributed by atoms with E-state index in [1.807, 2.05) is 6.92 Å². The summed E-state index contributed by atoms with van der Waals surface area (Å²) in [4.78, 5) is 17.2. The molecule has 18 heavy (non-hydrogen) atoms. The third kappa shape index (κ3) is 3.76. The summed E-state index contributed by atoms with van der Waals surface area (Å²) in [5, 5.41) is 0. The molecule has 1 heterocycles. The van der Waals surface area contributed by atoms with Gasteiger partial charge in [0.15, 0.2) is 5.82 Å². The van der Waals surface area contributed by atoms with E-state index in [2.05, 4.69) is 4.98 Å². The molecular formula is C11H18F2N4O. The van der Waals surface area contributed by atoms with Crippen molar-refractivity contribution in [3.8, 4) is 0 Å². The van der Waals surface area contributed by atoms with Crippen LogP contribution in [0.15, 0.2) is 17.2 Å². The fourth-order valence-corrected chi connectivity index (χ4v) is 1.68. The first-order valence-corrected chi connectivity index (χ1v) is 5.88. The third-order valence-corrected chi connectivity index (χ3v) is 2.42. The Morgan fingerprint density at radius 1 is 1.56 bits per heavy atom. The van der Waals surface area contributed by atoms with Gasteiger partial charge in [0.2, 0.25) is 0 Å². The van der Waals surface area contributed by atoms with E-state index in [4.69, 9.17) is 5.73 Å². The van der Waals surface area contributed by atoms with Gasteiger partial charge >= 0.3 is 0 Å². The van der Waals surface area contributed by atoms with Crippen LogP contribution >= 0.6 is 0 Å². The first-order chi connectivity index (χ1) is 8.60. The Morgan fingerprint density at radius 2 is 2.28 bits per heavy atom. The maximum absolute atomic E-state index is 12.5. The van der Waals surface area contributed by atoms with E-state index in [9.17, 15) is 13.6 Å². The van der Waals surface area contributed by atoms with Gasteiger partial charge in [0.05, 0.1) is 6.54 Å². The maximum Gasteiger partial charge on any atom is 0.293 e. The number of aryl methyl sites for hydroxylation is 1. The summed E-state index contributed by atoms with van der Waals surface area (Å²) < 4.78 is 26.4. The number of anilines is 1. The second kappa shape index (κ2) is 7.05. The van der Waals surface area contributed by atoms with Crippen molar-refractivity contribution in [2.24, 2.45) is 5.73 Å². The maximum atomic E-state index is 12.5. The van der Waals surface area contributed by atoms with Crippen LogP contribution < -0.4 is 16.2 Å². The average molecular weight is 260 g/mol. The van der Waals surface area contributed by atoms with Gasteiger partial charge in [-0.05, 0) is 6.42 Å². The molecule has 2 N–H and O–H groups in total. The van der Waals surface area contributed by atoms with E-state index in [1.54, 1.807) is 6.20 Å².